The van der Waals surface area contributed by atoms with Crippen molar-refractivity contribution < 1.29 is 5.11 Å². The fraction of sp³-hybridized carbons (Fsp3) is 1.00. The minimum absolute atomic E-state index is 0.149. The van der Waals surface area contributed by atoms with Crippen molar-refractivity contribution >= 4 is 30.1 Å². The lowest BCUT2D eigenvalue weighted by atomic mass is 10.1. The van der Waals surface area contributed by atoms with Crippen LogP contribution in [0.15, 0.2) is 0 Å². The molecule has 0 amide bonds. The third-order valence-electron chi connectivity index (χ3n) is 1.80. The molecule has 1 aliphatic rings. The van der Waals surface area contributed by atoms with E-state index in [2.05, 4.69) is 26.5 Å². The Labute approximate surface area is 77.7 Å². The van der Waals surface area contributed by atoms with Gasteiger partial charge in [0.1, 0.15) is 0 Å². The van der Waals surface area contributed by atoms with Gasteiger partial charge in [0, 0.05) is 11.8 Å². The molecule has 0 spiro atoms. The average Bonchev–Trinajstić information content (AvgIpc) is 2.38. The van der Waals surface area contributed by atoms with E-state index >= 15 is 0 Å². The molecule has 4 heteroatoms. The molecule has 2 atom stereocenters. The molecule has 0 aromatic carbocycles. The Balaban J connectivity index is 2.18. The van der Waals surface area contributed by atoms with Crippen molar-refractivity contribution in [2.45, 2.75) is 25.0 Å². The molecule has 1 aliphatic heterocycles. The maximum atomic E-state index is 9.46. The van der Waals surface area contributed by atoms with Crippen LogP contribution in [0, 0.1) is 0 Å². The number of aliphatic hydroxyl groups is 1. The predicted molar refractivity (Wildman–Crippen MR) is 53.5 cm³/mol. The molecular formula is C6H12INOS. The van der Waals surface area contributed by atoms with Crippen LogP contribution in [0.4, 0.5) is 0 Å². The summed E-state index contributed by atoms with van der Waals surface area (Å²) in [4.78, 5) is 0. The minimum atomic E-state index is -0.149. The summed E-state index contributed by atoms with van der Waals surface area (Å²) in [6.07, 6.45) is 2.20. The van der Waals surface area contributed by atoms with Crippen LogP contribution in [0.3, 0.4) is 0 Å². The molecule has 60 valence electrons. The van der Waals surface area contributed by atoms with Crippen molar-refractivity contribution in [1.29, 1.82) is 0 Å². The molecule has 0 aromatic heterocycles. The van der Waals surface area contributed by atoms with Crippen molar-refractivity contribution in [2.24, 2.45) is 0 Å². The largest absolute Gasteiger partial charge is 0.391 e. The van der Waals surface area contributed by atoms with Gasteiger partial charge in [-0.3, -0.25) is 0 Å². The number of aliphatic hydroxyl groups excluding tert-OH is 1. The lowest BCUT2D eigenvalue weighted by Crippen LogP contribution is -2.35. The zero-order valence-corrected chi connectivity index (χ0v) is 8.69. The van der Waals surface area contributed by atoms with Gasteiger partial charge >= 0.3 is 0 Å². The molecule has 0 bridgehead atoms. The van der Waals surface area contributed by atoms with E-state index in [1.54, 1.807) is 8.93 Å². The zero-order chi connectivity index (χ0) is 7.40. The number of rotatable bonds is 3. The van der Waals surface area contributed by atoms with Gasteiger partial charge in [-0.05, 0) is 40.6 Å². The van der Waals surface area contributed by atoms with Crippen LogP contribution in [0.5, 0.6) is 0 Å². The molecule has 2 unspecified atom stereocenters. The van der Waals surface area contributed by atoms with Crippen LogP contribution in [-0.4, -0.2) is 29.5 Å². The fourth-order valence-corrected chi connectivity index (χ4v) is 2.69. The lowest BCUT2D eigenvalue weighted by molar-refractivity contribution is 0.159. The standard InChI is InChI=1S/C6H12INOS/c7-10-4-6(9)5-2-1-3-8-5/h5-6,8-9H,1-4H2. The van der Waals surface area contributed by atoms with Crippen LogP contribution < -0.4 is 5.32 Å². The Bertz CT molecular complexity index is 97.7. The Morgan fingerprint density at radius 3 is 3.10 bits per heavy atom. The summed E-state index contributed by atoms with van der Waals surface area (Å²) in [7, 11) is 1.68. The summed E-state index contributed by atoms with van der Waals surface area (Å²) in [5.74, 6) is 0.845. The molecule has 1 fully saturated rings. The van der Waals surface area contributed by atoms with E-state index in [4.69, 9.17) is 0 Å². The van der Waals surface area contributed by atoms with Crippen LogP contribution in [0.1, 0.15) is 12.8 Å². The highest BCUT2D eigenvalue weighted by Crippen LogP contribution is 2.17. The van der Waals surface area contributed by atoms with Crippen molar-refractivity contribution in [2.75, 3.05) is 12.3 Å². The van der Waals surface area contributed by atoms with E-state index in [1.807, 2.05) is 0 Å². The van der Waals surface area contributed by atoms with E-state index < -0.39 is 0 Å². The van der Waals surface area contributed by atoms with Gasteiger partial charge in [-0.2, -0.15) is 0 Å². The summed E-state index contributed by atoms with van der Waals surface area (Å²) in [6, 6.07) is 0.363. The number of nitrogens with one attached hydrogen (secondary N) is 1. The van der Waals surface area contributed by atoms with Gasteiger partial charge in [-0.25, -0.2) is 0 Å². The van der Waals surface area contributed by atoms with Crippen molar-refractivity contribution in [1.82, 2.24) is 5.32 Å². The van der Waals surface area contributed by atoms with Crippen LogP contribution >= 0.6 is 30.1 Å². The van der Waals surface area contributed by atoms with Gasteiger partial charge in [0.15, 0.2) is 0 Å². The molecule has 0 aromatic rings. The maximum Gasteiger partial charge on any atom is 0.0791 e. The highest BCUT2D eigenvalue weighted by atomic mass is 127. The summed E-state index contributed by atoms with van der Waals surface area (Å²) < 4.78 is 0. The van der Waals surface area contributed by atoms with Gasteiger partial charge in [0.05, 0.1) is 6.10 Å². The second-order valence-electron chi connectivity index (χ2n) is 2.55. The van der Waals surface area contributed by atoms with E-state index in [9.17, 15) is 5.11 Å². The molecule has 0 aliphatic carbocycles. The third kappa shape index (κ3) is 2.56. The summed E-state index contributed by atoms with van der Waals surface area (Å²) >= 11 is 2.22. The smallest absolute Gasteiger partial charge is 0.0791 e. The first kappa shape index (κ1) is 9.09. The molecule has 0 saturated carbocycles. The Kier molecular flexibility index (Phi) is 4.36. The molecule has 1 saturated heterocycles. The van der Waals surface area contributed by atoms with E-state index in [0.29, 0.717) is 6.04 Å². The highest BCUT2D eigenvalue weighted by molar-refractivity contribution is 14.2. The molecule has 2 N–H and O–H groups in total. The maximum absolute atomic E-state index is 9.46. The summed E-state index contributed by atoms with van der Waals surface area (Å²) in [6.45, 7) is 1.08. The first-order valence-corrected chi connectivity index (χ1v) is 7.02. The number of hydrogen-bond donors (Lipinski definition) is 2. The van der Waals surface area contributed by atoms with Gasteiger partial charge in [-0.1, -0.05) is 8.93 Å². The molecule has 10 heavy (non-hydrogen) atoms. The summed E-state index contributed by atoms with van der Waals surface area (Å²) in [5.41, 5.74) is 0. The van der Waals surface area contributed by atoms with E-state index in [0.717, 1.165) is 18.7 Å². The van der Waals surface area contributed by atoms with Gasteiger partial charge in [0.2, 0.25) is 0 Å². The first-order chi connectivity index (χ1) is 4.84. The molecule has 1 rings (SSSR count). The van der Waals surface area contributed by atoms with Crippen molar-refractivity contribution in [3.8, 4) is 0 Å². The SMILES string of the molecule is OC(CSI)C1CCCN1. The van der Waals surface area contributed by atoms with Crippen LogP contribution in [0.2, 0.25) is 0 Å². The molecule has 1 heterocycles. The number of halogens is 1. The fourth-order valence-electron chi connectivity index (χ4n) is 1.22. The van der Waals surface area contributed by atoms with Crippen LogP contribution in [-0.2, 0) is 0 Å². The highest BCUT2D eigenvalue weighted by Gasteiger charge is 2.21. The Hall–Kier alpha value is 1.00. The van der Waals surface area contributed by atoms with E-state index in [-0.39, 0.29) is 6.10 Å². The van der Waals surface area contributed by atoms with E-state index in [1.165, 1.54) is 6.42 Å². The minimum Gasteiger partial charge on any atom is -0.391 e. The Morgan fingerprint density at radius 1 is 1.80 bits per heavy atom. The number of hydrogen-bond acceptors (Lipinski definition) is 3. The van der Waals surface area contributed by atoms with Crippen molar-refractivity contribution in [3.05, 3.63) is 0 Å². The average molecular weight is 273 g/mol. The third-order valence-corrected chi connectivity index (χ3v) is 3.34. The zero-order valence-electron chi connectivity index (χ0n) is 5.72. The topological polar surface area (TPSA) is 32.3 Å². The summed E-state index contributed by atoms with van der Waals surface area (Å²) in [5, 5.41) is 12.7. The first-order valence-electron chi connectivity index (χ1n) is 3.49. The van der Waals surface area contributed by atoms with Gasteiger partial charge in [0.25, 0.3) is 0 Å². The molecular weight excluding hydrogens is 261 g/mol. The predicted octanol–water partition coefficient (Wildman–Crippen LogP) is 1.18. The van der Waals surface area contributed by atoms with Gasteiger partial charge < -0.3 is 10.4 Å². The van der Waals surface area contributed by atoms with Crippen molar-refractivity contribution in [3.63, 3.8) is 0 Å². The van der Waals surface area contributed by atoms with Gasteiger partial charge in [-0.15, -0.1) is 0 Å². The van der Waals surface area contributed by atoms with Crippen LogP contribution in [0.25, 0.3) is 0 Å². The molecule has 0 radical (unpaired) electrons. The Morgan fingerprint density at radius 2 is 2.60 bits per heavy atom. The monoisotopic (exact) mass is 273 g/mol. The normalized spacial score (nSPS) is 28.8. The second kappa shape index (κ2) is 4.79. The lowest BCUT2D eigenvalue weighted by Gasteiger charge is -2.15. The second-order valence-corrected chi connectivity index (χ2v) is 4.97. The quantitative estimate of drug-likeness (QED) is 0.757. The molecule has 2 nitrogen and oxygen atoms in total.